The summed E-state index contributed by atoms with van der Waals surface area (Å²) in [5, 5.41) is 2.81. The lowest BCUT2D eigenvalue weighted by Gasteiger charge is -2.23. The largest absolute Gasteiger partial charge is 0.417 e. The molecule has 0 aliphatic heterocycles. The molecule has 1 aromatic carbocycles. The summed E-state index contributed by atoms with van der Waals surface area (Å²) in [6, 6.07) is 1.70. The molecule has 0 fully saturated rings. The van der Waals surface area contributed by atoms with Crippen LogP contribution < -0.4 is 5.32 Å². The maximum absolute atomic E-state index is 12.8. The zero-order valence-electron chi connectivity index (χ0n) is 11.2. The van der Waals surface area contributed by atoms with Crippen LogP contribution in [0.25, 0.3) is 0 Å². The molecule has 1 rings (SSSR count). The molecule has 0 spiro atoms. The molecule has 0 amide bonds. The lowest BCUT2D eigenvalue weighted by atomic mass is 9.92. The Morgan fingerprint density at radius 1 is 0.900 bits per heavy atom. The van der Waals surface area contributed by atoms with Gasteiger partial charge in [0.05, 0.1) is 11.1 Å². The van der Waals surface area contributed by atoms with E-state index in [9.17, 15) is 26.3 Å². The van der Waals surface area contributed by atoms with E-state index >= 15 is 0 Å². The molecule has 114 valence electrons. The van der Waals surface area contributed by atoms with Crippen LogP contribution in [0, 0.1) is 5.92 Å². The number of alkyl halides is 6. The van der Waals surface area contributed by atoms with Crippen molar-refractivity contribution in [3.63, 3.8) is 0 Å². The highest BCUT2D eigenvalue weighted by molar-refractivity contribution is 5.37. The summed E-state index contributed by atoms with van der Waals surface area (Å²) in [5.41, 5.74) is -3.13. The van der Waals surface area contributed by atoms with Gasteiger partial charge in [-0.3, -0.25) is 0 Å². The van der Waals surface area contributed by atoms with Crippen molar-refractivity contribution in [3.05, 3.63) is 34.9 Å². The lowest BCUT2D eigenvalue weighted by Crippen LogP contribution is -2.23. The lowest BCUT2D eigenvalue weighted by molar-refractivity contribution is -0.162. The predicted molar refractivity (Wildman–Crippen MR) is 63.1 cm³/mol. The third kappa shape index (κ3) is 3.65. The molecule has 0 heterocycles. The third-order valence-electron chi connectivity index (χ3n) is 2.99. The highest BCUT2D eigenvalue weighted by atomic mass is 19.4. The highest BCUT2D eigenvalue weighted by Gasteiger charge is 2.43. The van der Waals surface area contributed by atoms with Crippen LogP contribution in [0.4, 0.5) is 26.3 Å². The molecule has 1 N–H and O–H groups in total. The van der Waals surface area contributed by atoms with E-state index in [1.807, 2.05) is 0 Å². The molecule has 0 radical (unpaired) electrons. The number of benzene rings is 1. The van der Waals surface area contributed by atoms with Crippen LogP contribution in [0.2, 0.25) is 0 Å². The van der Waals surface area contributed by atoms with Crippen molar-refractivity contribution in [1.82, 2.24) is 5.32 Å². The minimum Gasteiger partial charge on any atom is -0.313 e. The van der Waals surface area contributed by atoms with E-state index in [1.54, 1.807) is 20.9 Å². The molecular formula is C13H15F6N. The van der Waals surface area contributed by atoms with Gasteiger partial charge in [0.1, 0.15) is 0 Å². The Morgan fingerprint density at radius 3 is 1.75 bits per heavy atom. The van der Waals surface area contributed by atoms with Crippen LogP contribution in [-0.2, 0) is 12.4 Å². The number of hydrogen-bond donors (Lipinski definition) is 1. The summed E-state index contributed by atoms with van der Waals surface area (Å²) in [6.45, 7) is 3.54. The molecule has 20 heavy (non-hydrogen) atoms. The van der Waals surface area contributed by atoms with Gasteiger partial charge in [0.15, 0.2) is 0 Å². The Kier molecular flexibility index (Phi) is 4.74. The van der Waals surface area contributed by atoms with E-state index in [0.717, 1.165) is 6.07 Å². The molecule has 1 unspecified atom stereocenters. The summed E-state index contributed by atoms with van der Waals surface area (Å²) in [7, 11) is 1.55. The fourth-order valence-electron chi connectivity index (χ4n) is 2.12. The first-order valence-electron chi connectivity index (χ1n) is 5.94. The van der Waals surface area contributed by atoms with Gasteiger partial charge in [-0.25, -0.2) is 0 Å². The first kappa shape index (κ1) is 16.8. The van der Waals surface area contributed by atoms with Crippen molar-refractivity contribution in [2.24, 2.45) is 5.92 Å². The fraction of sp³-hybridized carbons (Fsp3) is 0.538. The average molecular weight is 299 g/mol. The molecule has 1 nitrogen and oxygen atoms in total. The molecule has 0 aromatic heterocycles. The van der Waals surface area contributed by atoms with Gasteiger partial charge in [-0.1, -0.05) is 19.9 Å². The normalized spacial score (nSPS) is 14.7. The van der Waals surface area contributed by atoms with Gasteiger partial charge in [-0.05, 0) is 30.7 Å². The van der Waals surface area contributed by atoms with Crippen molar-refractivity contribution in [1.29, 1.82) is 0 Å². The van der Waals surface area contributed by atoms with Crippen LogP contribution >= 0.6 is 0 Å². The maximum atomic E-state index is 12.8. The molecule has 0 saturated carbocycles. The quantitative estimate of drug-likeness (QED) is 0.802. The summed E-state index contributed by atoms with van der Waals surface area (Å²) < 4.78 is 76.3. The first-order chi connectivity index (χ1) is 8.98. The molecule has 7 heteroatoms. The van der Waals surface area contributed by atoms with Crippen LogP contribution in [-0.4, -0.2) is 7.05 Å². The second-order valence-corrected chi connectivity index (χ2v) is 4.81. The molecule has 0 aliphatic carbocycles. The van der Waals surface area contributed by atoms with Crippen LogP contribution in [0.5, 0.6) is 0 Å². The molecular weight excluding hydrogens is 284 g/mol. The van der Waals surface area contributed by atoms with Crippen LogP contribution in [0.3, 0.4) is 0 Å². The van der Waals surface area contributed by atoms with Gasteiger partial charge < -0.3 is 5.32 Å². The maximum Gasteiger partial charge on any atom is 0.417 e. The zero-order valence-corrected chi connectivity index (χ0v) is 11.2. The fourth-order valence-corrected chi connectivity index (χ4v) is 2.12. The molecule has 0 saturated heterocycles. The SMILES string of the molecule is CNC(c1ccc(C(F)(F)F)c(C(F)(F)F)c1)C(C)C. The summed E-state index contributed by atoms with van der Waals surface area (Å²) in [4.78, 5) is 0. The summed E-state index contributed by atoms with van der Waals surface area (Å²) in [6.07, 6.45) is -10.1. The van der Waals surface area contributed by atoms with Crippen LogP contribution in [0.15, 0.2) is 18.2 Å². The van der Waals surface area contributed by atoms with E-state index in [-0.39, 0.29) is 11.5 Å². The molecule has 0 bridgehead atoms. The number of rotatable bonds is 3. The monoisotopic (exact) mass is 299 g/mol. The standard InChI is InChI=1S/C13H15F6N/c1-7(2)11(20-3)8-4-5-9(12(14,15)16)10(6-8)13(17,18)19/h4-7,11,20H,1-3H3. The first-order valence-corrected chi connectivity index (χ1v) is 5.94. The number of halogens is 6. The van der Waals surface area contributed by atoms with E-state index in [4.69, 9.17) is 0 Å². The highest BCUT2D eigenvalue weighted by Crippen LogP contribution is 2.41. The topological polar surface area (TPSA) is 12.0 Å². The average Bonchev–Trinajstić information content (AvgIpc) is 2.26. The van der Waals surface area contributed by atoms with E-state index in [1.165, 1.54) is 0 Å². The Morgan fingerprint density at radius 2 is 1.40 bits per heavy atom. The third-order valence-corrected chi connectivity index (χ3v) is 2.99. The van der Waals surface area contributed by atoms with Crippen molar-refractivity contribution in [2.75, 3.05) is 7.05 Å². The molecule has 1 aromatic rings. The Labute approximate surface area is 113 Å². The Hall–Kier alpha value is -1.24. The van der Waals surface area contributed by atoms with E-state index in [0.29, 0.717) is 12.1 Å². The molecule has 1 atom stereocenters. The van der Waals surface area contributed by atoms with Gasteiger partial charge in [0, 0.05) is 6.04 Å². The van der Waals surface area contributed by atoms with Gasteiger partial charge in [0.25, 0.3) is 0 Å². The number of nitrogens with one attached hydrogen (secondary N) is 1. The van der Waals surface area contributed by atoms with Gasteiger partial charge in [-0.15, -0.1) is 0 Å². The second kappa shape index (κ2) is 5.63. The minimum atomic E-state index is -5.05. The Balaban J connectivity index is 3.43. The predicted octanol–water partition coefficient (Wildman–Crippen LogP) is 4.64. The van der Waals surface area contributed by atoms with Crippen molar-refractivity contribution >= 4 is 0 Å². The zero-order chi connectivity index (χ0) is 15.7. The smallest absolute Gasteiger partial charge is 0.313 e. The van der Waals surface area contributed by atoms with Gasteiger partial charge in [-0.2, -0.15) is 26.3 Å². The van der Waals surface area contributed by atoms with Crippen molar-refractivity contribution in [3.8, 4) is 0 Å². The van der Waals surface area contributed by atoms with E-state index in [2.05, 4.69) is 5.32 Å². The number of hydrogen-bond acceptors (Lipinski definition) is 1. The van der Waals surface area contributed by atoms with Crippen molar-refractivity contribution in [2.45, 2.75) is 32.2 Å². The van der Waals surface area contributed by atoms with Gasteiger partial charge in [0.2, 0.25) is 0 Å². The van der Waals surface area contributed by atoms with E-state index < -0.39 is 29.5 Å². The van der Waals surface area contributed by atoms with Crippen LogP contribution in [0.1, 0.15) is 36.6 Å². The molecule has 0 aliphatic rings. The minimum absolute atomic E-state index is 0.0576. The van der Waals surface area contributed by atoms with Gasteiger partial charge >= 0.3 is 12.4 Å². The Bertz CT molecular complexity index is 461. The van der Waals surface area contributed by atoms with Crippen molar-refractivity contribution < 1.29 is 26.3 Å². The second-order valence-electron chi connectivity index (χ2n) is 4.81. The summed E-state index contributed by atoms with van der Waals surface area (Å²) >= 11 is 0. The summed E-state index contributed by atoms with van der Waals surface area (Å²) in [5.74, 6) is -0.0576.